The van der Waals surface area contributed by atoms with E-state index in [0.717, 1.165) is 30.3 Å². The van der Waals surface area contributed by atoms with Crippen LogP contribution in [0.4, 0.5) is 11.8 Å². The van der Waals surface area contributed by atoms with Gasteiger partial charge in [-0.15, -0.1) is 0 Å². The summed E-state index contributed by atoms with van der Waals surface area (Å²) in [7, 11) is 4.14. The van der Waals surface area contributed by atoms with Crippen molar-refractivity contribution >= 4 is 22.7 Å². The Morgan fingerprint density at radius 2 is 1.94 bits per heavy atom. The van der Waals surface area contributed by atoms with Crippen LogP contribution in [0.15, 0.2) is 18.2 Å². The zero-order valence-electron chi connectivity index (χ0n) is 10.8. The van der Waals surface area contributed by atoms with Gasteiger partial charge >= 0.3 is 0 Å². The van der Waals surface area contributed by atoms with E-state index in [1.165, 1.54) is 5.56 Å². The van der Waals surface area contributed by atoms with Crippen LogP contribution in [0.1, 0.15) is 12.0 Å². The highest BCUT2D eigenvalue weighted by Gasteiger charge is 2.08. The van der Waals surface area contributed by atoms with E-state index < -0.39 is 0 Å². The molecular weight excluding hydrogens is 226 g/mol. The van der Waals surface area contributed by atoms with Crippen molar-refractivity contribution < 1.29 is 0 Å². The first-order valence-corrected chi connectivity index (χ1v) is 6.03. The first-order valence-electron chi connectivity index (χ1n) is 6.03. The fraction of sp³-hybridized carbons (Fsp3) is 0.385. The van der Waals surface area contributed by atoms with Crippen molar-refractivity contribution in [3.63, 3.8) is 0 Å². The molecule has 0 atom stereocenters. The average Bonchev–Trinajstić information content (AvgIpc) is 2.27. The van der Waals surface area contributed by atoms with Crippen molar-refractivity contribution in [2.45, 2.75) is 12.8 Å². The third kappa shape index (κ3) is 2.68. The molecule has 0 saturated carbocycles. The Kier molecular flexibility index (Phi) is 3.62. The van der Waals surface area contributed by atoms with Gasteiger partial charge in [0.1, 0.15) is 5.82 Å². The lowest BCUT2D eigenvalue weighted by Crippen LogP contribution is -2.13. The summed E-state index contributed by atoms with van der Waals surface area (Å²) in [6.45, 7) is 1.05. The van der Waals surface area contributed by atoms with Gasteiger partial charge in [0, 0.05) is 5.39 Å². The van der Waals surface area contributed by atoms with E-state index >= 15 is 0 Å². The van der Waals surface area contributed by atoms with Crippen molar-refractivity contribution in [3.8, 4) is 0 Å². The fourth-order valence-corrected chi connectivity index (χ4v) is 2.10. The molecule has 0 unspecified atom stereocenters. The van der Waals surface area contributed by atoms with Gasteiger partial charge in [0.15, 0.2) is 0 Å². The second-order valence-corrected chi connectivity index (χ2v) is 4.69. The number of fused-ring (bicyclic) bond motifs is 1. The highest BCUT2D eigenvalue weighted by molar-refractivity contribution is 5.91. The minimum absolute atomic E-state index is 0.227. The van der Waals surface area contributed by atoms with Gasteiger partial charge in [-0.3, -0.25) is 0 Å². The molecule has 5 heteroatoms. The number of rotatable bonds is 4. The van der Waals surface area contributed by atoms with Crippen molar-refractivity contribution in [1.29, 1.82) is 0 Å². The summed E-state index contributed by atoms with van der Waals surface area (Å²) in [5.41, 5.74) is 13.6. The fourth-order valence-electron chi connectivity index (χ4n) is 2.10. The second kappa shape index (κ2) is 5.18. The Hall–Kier alpha value is -1.88. The van der Waals surface area contributed by atoms with Gasteiger partial charge in [-0.05, 0) is 45.1 Å². The number of anilines is 2. The van der Waals surface area contributed by atoms with Gasteiger partial charge < -0.3 is 16.4 Å². The van der Waals surface area contributed by atoms with E-state index in [0.29, 0.717) is 5.82 Å². The standard InChI is InChI=1S/C13H19N5/c1-18(2)8-4-6-9-5-3-7-10-11(9)12(14)17-13(15)16-10/h3,5,7H,4,6,8H2,1-2H3,(H4,14,15,16,17). The molecular formula is C13H19N5. The molecule has 0 fully saturated rings. The summed E-state index contributed by atoms with van der Waals surface area (Å²) in [6.07, 6.45) is 2.04. The van der Waals surface area contributed by atoms with E-state index in [1.807, 2.05) is 12.1 Å². The maximum Gasteiger partial charge on any atom is 0.222 e. The van der Waals surface area contributed by atoms with Crippen LogP contribution in [-0.2, 0) is 6.42 Å². The van der Waals surface area contributed by atoms with Gasteiger partial charge in [0.25, 0.3) is 0 Å². The Morgan fingerprint density at radius 1 is 1.17 bits per heavy atom. The van der Waals surface area contributed by atoms with E-state index in [-0.39, 0.29) is 5.95 Å². The lowest BCUT2D eigenvalue weighted by molar-refractivity contribution is 0.400. The monoisotopic (exact) mass is 245 g/mol. The van der Waals surface area contributed by atoms with Gasteiger partial charge in [0.05, 0.1) is 5.52 Å². The number of aryl methyl sites for hydroxylation is 1. The van der Waals surface area contributed by atoms with Crippen LogP contribution in [-0.4, -0.2) is 35.5 Å². The number of nitrogen functional groups attached to an aromatic ring is 2. The Balaban J connectivity index is 2.33. The second-order valence-electron chi connectivity index (χ2n) is 4.69. The van der Waals surface area contributed by atoms with Crippen LogP contribution in [0.3, 0.4) is 0 Å². The summed E-state index contributed by atoms with van der Waals surface area (Å²) in [5, 5.41) is 0.936. The SMILES string of the molecule is CN(C)CCCc1cccc2nc(N)nc(N)c12. The molecule has 18 heavy (non-hydrogen) atoms. The van der Waals surface area contributed by atoms with E-state index in [4.69, 9.17) is 11.5 Å². The Labute approximate surface area is 107 Å². The number of nitrogens with zero attached hydrogens (tertiary/aromatic N) is 3. The molecule has 0 bridgehead atoms. The molecule has 1 aromatic carbocycles. The van der Waals surface area contributed by atoms with Crippen molar-refractivity contribution in [1.82, 2.24) is 14.9 Å². The van der Waals surface area contributed by atoms with Gasteiger partial charge in [-0.1, -0.05) is 12.1 Å². The lowest BCUT2D eigenvalue weighted by Gasteiger charge is -2.11. The van der Waals surface area contributed by atoms with E-state index in [9.17, 15) is 0 Å². The molecule has 0 aliphatic heterocycles. The molecule has 5 nitrogen and oxygen atoms in total. The quantitative estimate of drug-likeness (QED) is 0.848. The molecule has 0 saturated heterocycles. The predicted molar refractivity (Wildman–Crippen MR) is 75.2 cm³/mol. The van der Waals surface area contributed by atoms with E-state index in [2.05, 4.69) is 35.0 Å². The average molecular weight is 245 g/mol. The van der Waals surface area contributed by atoms with Crippen LogP contribution in [0.5, 0.6) is 0 Å². The largest absolute Gasteiger partial charge is 0.383 e. The van der Waals surface area contributed by atoms with Crippen molar-refractivity contribution in [2.24, 2.45) is 0 Å². The lowest BCUT2D eigenvalue weighted by atomic mass is 10.0. The number of aromatic nitrogens is 2. The van der Waals surface area contributed by atoms with Gasteiger partial charge in [-0.25, -0.2) is 4.98 Å². The predicted octanol–water partition coefficient (Wildman–Crippen LogP) is 1.29. The zero-order valence-corrected chi connectivity index (χ0v) is 10.8. The van der Waals surface area contributed by atoms with Crippen molar-refractivity contribution in [3.05, 3.63) is 23.8 Å². The first kappa shape index (κ1) is 12.6. The number of nitrogens with two attached hydrogens (primary N) is 2. The number of hydrogen-bond donors (Lipinski definition) is 2. The highest BCUT2D eigenvalue weighted by atomic mass is 15.0. The topological polar surface area (TPSA) is 81.1 Å². The van der Waals surface area contributed by atoms with Gasteiger partial charge in [-0.2, -0.15) is 4.98 Å². The summed E-state index contributed by atoms with van der Waals surface area (Å²) in [4.78, 5) is 10.4. The Bertz CT molecular complexity index is 550. The molecule has 0 aliphatic rings. The van der Waals surface area contributed by atoms with E-state index in [1.54, 1.807) is 0 Å². The van der Waals surface area contributed by atoms with Crippen LogP contribution in [0.25, 0.3) is 10.9 Å². The number of hydrogen-bond acceptors (Lipinski definition) is 5. The van der Waals surface area contributed by atoms with Gasteiger partial charge in [0.2, 0.25) is 5.95 Å². The minimum atomic E-state index is 0.227. The zero-order chi connectivity index (χ0) is 13.1. The normalized spacial score (nSPS) is 11.3. The third-order valence-corrected chi connectivity index (χ3v) is 2.91. The van der Waals surface area contributed by atoms with Crippen LogP contribution in [0, 0.1) is 0 Å². The molecule has 4 N–H and O–H groups in total. The molecule has 0 radical (unpaired) electrons. The summed E-state index contributed by atoms with van der Waals surface area (Å²) in [5.74, 6) is 0.698. The first-order chi connectivity index (χ1) is 8.58. The highest BCUT2D eigenvalue weighted by Crippen LogP contribution is 2.24. The van der Waals surface area contributed by atoms with Crippen LogP contribution < -0.4 is 11.5 Å². The molecule has 0 aliphatic carbocycles. The molecule has 1 aromatic heterocycles. The maximum absolute atomic E-state index is 5.95. The minimum Gasteiger partial charge on any atom is -0.383 e. The summed E-state index contributed by atoms with van der Waals surface area (Å²) >= 11 is 0. The number of benzene rings is 1. The molecule has 2 aromatic rings. The maximum atomic E-state index is 5.95. The molecule has 0 amide bonds. The summed E-state index contributed by atoms with van der Waals surface area (Å²) < 4.78 is 0. The molecule has 96 valence electrons. The van der Waals surface area contributed by atoms with Crippen LogP contribution >= 0.6 is 0 Å². The van der Waals surface area contributed by atoms with Crippen LogP contribution in [0.2, 0.25) is 0 Å². The molecule has 0 spiro atoms. The Morgan fingerprint density at radius 3 is 2.67 bits per heavy atom. The third-order valence-electron chi connectivity index (χ3n) is 2.91. The smallest absolute Gasteiger partial charge is 0.222 e. The summed E-state index contributed by atoms with van der Waals surface area (Å²) in [6, 6.07) is 5.98. The molecule has 1 heterocycles. The van der Waals surface area contributed by atoms with Crippen molar-refractivity contribution in [2.75, 3.05) is 32.1 Å². The molecule has 2 rings (SSSR count).